The predicted octanol–water partition coefficient (Wildman–Crippen LogP) is 4.08. The molecule has 0 unspecified atom stereocenters. The zero-order valence-corrected chi connectivity index (χ0v) is 16.9. The molecular formula is C18H13BrFN7O3. The van der Waals surface area contributed by atoms with Crippen molar-refractivity contribution in [1.82, 2.24) is 9.78 Å². The Morgan fingerprint density at radius 3 is 2.57 bits per heavy atom. The predicted molar refractivity (Wildman–Crippen MR) is 109 cm³/mol. The van der Waals surface area contributed by atoms with Gasteiger partial charge in [0.1, 0.15) is 22.9 Å². The number of anilines is 1. The Kier molecular flexibility index (Phi) is 6.00. The van der Waals surface area contributed by atoms with Crippen LogP contribution in [0.15, 0.2) is 52.1 Å². The molecule has 0 saturated heterocycles. The maximum atomic E-state index is 14.2. The highest BCUT2D eigenvalue weighted by Gasteiger charge is 2.27. The number of rotatable bonds is 6. The molecule has 0 saturated carbocycles. The van der Waals surface area contributed by atoms with Crippen molar-refractivity contribution in [3.05, 3.63) is 74.6 Å². The molecule has 0 aliphatic heterocycles. The van der Waals surface area contributed by atoms with E-state index in [0.29, 0.717) is 15.9 Å². The fraction of sp³-hybridized carbons (Fsp3) is 0.0556. The first-order chi connectivity index (χ1) is 14.3. The number of nitrogens with zero attached hydrogens (tertiary/aromatic N) is 5. The van der Waals surface area contributed by atoms with Crippen LogP contribution in [0.1, 0.15) is 21.0 Å². The topological polar surface area (TPSA) is 148 Å². The van der Waals surface area contributed by atoms with Crippen molar-refractivity contribution in [2.75, 3.05) is 12.4 Å². The molecule has 2 aromatic carbocycles. The van der Waals surface area contributed by atoms with E-state index in [1.165, 1.54) is 25.3 Å². The first-order valence-electron chi connectivity index (χ1n) is 8.24. The van der Waals surface area contributed by atoms with E-state index in [1.807, 2.05) is 0 Å². The number of aromatic nitrogens is 2. The number of carbonyl (C=O) groups excluding carboxylic acids is 2. The van der Waals surface area contributed by atoms with Crippen LogP contribution in [0.4, 0.5) is 15.8 Å². The summed E-state index contributed by atoms with van der Waals surface area (Å²) in [6.07, 6.45) is 0. The first kappa shape index (κ1) is 20.8. The number of carbonyl (C=O) groups is 2. The van der Waals surface area contributed by atoms with Crippen molar-refractivity contribution in [3.63, 3.8) is 0 Å². The van der Waals surface area contributed by atoms with Crippen molar-refractivity contribution in [1.29, 1.82) is 0 Å². The SMILES string of the molecule is COc1ccc(-n2nc(C(N)=O)c(N=[N+]=[N-])c2C(=O)Nc2ccc(Br)cc2F)cc1. The molecular weight excluding hydrogens is 461 g/mol. The summed E-state index contributed by atoms with van der Waals surface area (Å²) < 4.78 is 20.8. The second-order valence-corrected chi connectivity index (χ2v) is 6.70. The summed E-state index contributed by atoms with van der Waals surface area (Å²) in [5.41, 5.74) is 13.4. The van der Waals surface area contributed by atoms with Crippen LogP contribution in [0.5, 0.6) is 5.75 Å². The summed E-state index contributed by atoms with van der Waals surface area (Å²) in [4.78, 5) is 27.4. The number of azide groups is 1. The van der Waals surface area contributed by atoms with Gasteiger partial charge in [-0.25, -0.2) is 9.07 Å². The zero-order chi connectivity index (χ0) is 21.8. The summed E-state index contributed by atoms with van der Waals surface area (Å²) in [5, 5.41) is 9.83. The van der Waals surface area contributed by atoms with Gasteiger partial charge in [0.05, 0.1) is 18.5 Å². The van der Waals surface area contributed by atoms with E-state index in [0.717, 1.165) is 4.68 Å². The molecule has 0 radical (unpaired) electrons. The average Bonchev–Trinajstić information content (AvgIpc) is 3.10. The van der Waals surface area contributed by atoms with Gasteiger partial charge in [-0.2, -0.15) is 5.10 Å². The third-order valence-corrected chi connectivity index (χ3v) is 4.44. The van der Waals surface area contributed by atoms with Crippen molar-refractivity contribution in [2.45, 2.75) is 0 Å². The number of primary amides is 1. The van der Waals surface area contributed by atoms with Crippen molar-refractivity contribution < 1.29 is 18.7 Å². The zero-order valence-electron chi connectivity index (χ0n) is 15.3. The summed E-state index contributed by atoms with van der Waals surface area (Å²) in [6.45, 7) is 0. The Morgan fingerprint density at radius 1 is 1.30 bits per heavy atom. The molecule has 3 rings (SSSR count). The van der Waals surface area contributed by atoms with Gasteiger partial charge in [-0.3, -0.25) is 9.59 Å². The summed E-state index contributed by atoms with van der Waals surface area (Å²) in [7, 11) is 1.49. The highest BCUT2D eigenvalue weighted by molar-refractivity contribution is 9.10. The number of ether oxygens (including phenoxy) is 1. The summed E-state index contributed by atoms with van der Waals surface area (Å²) >= 11 is 3.13. The fourth-order valence-corrected chi connectivity index (χ4v) is 2.93. The van der Waals surface area contributed by atoms with Crippen molar-refractivity contribution >= 4 is 39.1 Å². The van der Waals surface area contributed by atoms with Gasteiger partial charge in [-0.1, -0.05) is 21.0 Å². The average molecular weight is 474 g/mol. The van der Waals surface area contributed by atoms with Gasteiger partial charge >= 0.3 is 0 Å². The monoisotopic (exact) mass is 473 g/mol. The Bertz CT molecular complexity index is 1190. The van der Waals surface area contributed by atoms with Crippen molar-refractivity contribution in [2.24, 2.45) is 10.8 Å². The fourth-order valence-electron chi connectivity index (χ4n) is 2.60. The van der Waals surface area contributed by atoms with E-state index in [-0.39, 0.29) is 17.1 Å². The van der Waals surface area contributed by atoms with E-state index in [9.17, 15) is 14.0 Å². The molecule has 152 valence electrons. The summed E-state index contributed by atoms with van der Waals surface area (Å²) in [5.74, 6) is -2.03. The number of hydrogen-bond acceptors (Lipinski definition) is 5. The lowest BCUT2D eigenvalue weighted by molar-refractivity contribution is 0.0993. The van der Waals surface area contributed by atoms with Gasteiger partial charge in [0.2, 0.25) is 0 Å². The van der Waals surface area contributed by atoms with Crippen LogP contribution < -0.4 is 15.8 Å². The van der Waals surface area contributed by atoms with Gasteiger partial charge in [0.15, 0.2) is 5.69 Å². The molecule has 3 aromatic rings. The number of nitrogens with two attached hydrogens (primary N) is 1. The Hall–Kier alpha value is -3.89. The molecule has 0 fully saturated rings. The van der Waals surface area contributed by atoms with E-state index in [2.05, 4.69) is 36.4 Å². The quantitative estimate of drug-likeness (QED) is 0.315. The van der Waals surface area contributed by atoms with Gasteiger partial charge < -0.3 is 15.8 Å². The number of nitrogens with one attached hydrogen (secondary N) is 1. The van der Waals surface area contributed by atoms with Crippen LogP contribution in [0.25, 0.3) is 16.1 Å². The number of benzene rings is 2. The van der Waals surface area contributed by atoms with Crippen LogP contribution >= 0.6 is 15.9 Å². The summed E-state index contributed by atoms with van der Waals surface area (Å²) in [6, 6.07) is 10.4. The standard InChI is InChI=1S/C18H13BrFN7O3/c1-30-11-5-3-10(4-6-11)27-16(14(24-26-22)15(25-27)17(21)28)18(29)23-13-7-2-9(19)8-12(13)20/h2-8H,1H3,(H2,21,28)(H,23,29). The van der Waals surface area contributed by atoms with Crippen molar-refractivity contribution in [3.8, 4) is 11.4 Å². The Morgan fingerprint density at radius 2 is 2.00 bits per heavy atom. The molecule has 0 aliphatic rings. The third-order valence-electron chi connectivity index (χ3n) is 3.95. The number of methoxy groups -OCH3 is 1. The van der Waals surface area contributed by atoms with Crippen LogP contribution in [-0.2, 0) is 0 Å². The minimum atomic E-state index is -1.01. The molecule has 0 spiro atoms. The van der Waals surface area contributed by atoms with Gasteiger partial charge in [0.25, 0.3) is 11.8 Å². The van der Waals surface area contributed by atoms with E-state index >= 15 is 0 Å². The van der Waals surface area contributed by atoms with E-state index in [4.69, 9.17) is 16.0 Å². The number of halogens is 2. The lowest BCUT2D eigenvalue weighted by atomic mass is 10.2. The van der Waals surface area contributed by atoms with E-state index in [1.54, 1.807) is 24.3 Å². The smallest absolute Gasteiger partial charge is 0.274 e. The minimum Gasteiger partial charge on any atom is -0.497 e. The molecule has 2 amide bonds. The number of hydrogen-bond donors (Lipinski definition) is 2. The highest BCUT2D eigenvalue weighted by Crippen LogP contribution is 2.29. The molecule has 1 aromatic heterocycles. The molecule has 0 bridgehead atoms. The van der Waals surface area contributed by atoms with E-state index < -0.39 is 23.3 Å². The van der Waals surface area contributed by atoms with Crippen LogP contribution in [0, 0.1) is 5.82 Å². The van der Waals surface area contributed by atoms with Crippen LogP contribution in [0.2, 0.25) is 0 Å². The Labute approximate surface area is 177 Å². The Balaban J connectivity index is 2.17. The molecule has 12 heteroatoms. The highest BCUT2D eigenvalue weighted by atomic mass is 79.9. The molecule has 3 N–H and O–H groups in total. The second kappa shape index (κ2) is 8.64. The molecule has 10 nitrogen and oxygen atoms in total. The number of amides is 2. The molecule has 0 aliphatic carbocycles. The lowest BCUT2D eigenvalue weighted by Crippen LogP contribution is -2.18. The normalized spacial score (nSPS) is 10.2. The van der Waals surface area contributed by atoms with Crippen LogP contribution in [0.3, 0.4) is 0 Å². The van der Waals surface area contributed by atoms with Gasteiger partial charge in [-0.15, -0.1) is 0 Å². The van der Waals surface area contributed by atoms with Gasteiger partial charge in [-0.05, 0) is 48.0 Å². The molecule has 0 atom stereocenters. The largest absolute Gasteiger partial charge is 0.497 e. The maximum absolute atomic E-state index is 14.2. The second-order valence-electron chi connectivity index (χ2n) is 5.79. The van der Waals surface area contributed by atoms with Gasteiger partial charge in [0, 0.05) is 9.38 Å². The maximum Gasteiger partial charge on any atom is 0.274 e. The third kappa shape index (κ3) is 4.09. The minimum absolute atomic E-state index is 0.127. The molecule has 30 heavy (non-hydrogen) atoms. The van der Waals surface area contributed by atoms with Crippen LogP contribution in [-0.4, -0.2) is 28.7 Å². The first-order valence-corrected chi connectivity index (χ1v) is 9.03. The lowest BCUT2D eigenvalue weighted by Gasteiger charge is -2.10. The molecule has 1 heterocycles.